The highest BCUT2D eigenvalue weighted by Gasteiger charge is 2.21. The number of rotatable bonds is 5. The van der Waals surface area contributed by atoms with E-state index < -0.39 is 0 Å². The quantitative estimate of drug-likeness (QED) is 0.448. The monoisotopic (exact) mass is 264 g/mol. The zero-order valence-corrected chi connectivity index (χ0v) is 10.0. The molecule has 0 radical (unpaired) electrons. The maximum Gasteiger partial charge on any atom is 0.0842 e. The smallest absolute Gasteiger partial charge is 0.0842 e. The Morgan fingerprint density at radius 2 is 2.23 bits per heavy atom. The molecule has 0 unspecified atom stereocenters. The Kier molecular flexibility index (Phi) is 4.26. The Bertz CT molecular complexity index is 234. The second-order valence-corrected chi connectivity index (χ2v) is 4.44. The van der Waals surface area contributed by atoms with Crippen molar-refractivity contribution in [1.82, 2.24) is 5.32 Å². The van der Waals surface area contributed by atoms with Gasteiger partial charge in [0.1, 0.15) is 0 Å². The van der Waals surface area contributed by atoms with E-state index in [1.165, 1.54) is 12.8 Å². The van der Waals surface area contributed by atoms with Crippen LogP contribution in [0.2, 0.25) is 0 Å². The normalized spacial score (nSPS) is 18.1. The molecule has 0 aromatic carbocycles. The molecule has 0 aromatic rings. The van der Waals surface area contributed by atoms with Gasteiger partial charge in [-0.1, -0.05) is 0 Å². The van der Waals surface area contributed by atoms with E-state index in [9.17, 15) is 0 Å². The number of alkyl halides is 1. The summed E-state index contributed by atoms with van der Waals surface area (Å²) in [5.74, 6) is 1.21. The van der Waals surface area contributed by atoms with E-state index in [1.807, 2.05) is 0 Å². The van der Waals surface area contributed by atoms with Gasteiger partial charge in [-0.05, 0) is 41.6 Å². The molecule has 74 valence electrons. The fourth-order valence-electron chi connectivity index (χ4n) is 0.986. The van der Waals surface area contributed by atoms with Gasteiger partial charge in [0.15, 0.2) is 0 Å². The molecular formula is C9H14BrClN2. The third kappa shape index (κ3) is 3.69. The zero-order valence-electron chi connectivity index (χ0n) is 7.66. The molecule has 0 spiro atoms. The Morgan fingerprint density at radius 1 is 1.62 bits per heavy atom. The maximum atomic E-state index is 7.47. The van der Waals surface area contributed by atoms with Gasteiger partial charge in [-0.3, -0.25) is 0 Å². The van der Waals surface area contributed by atoms with Gasteiger partial charge in [0.25, 0.3) is 0 Å². The van der Waals surface area contributed by atoms with E-state index in [4.69, 9.17) is 17.0 Å². The average molecular weight is 266 g/mol. The van der Waals surface area contributed by atoms with Crippen LogP contribution in [0.5, 0.6) is 0 Å². The van der Waals surface area contributed by atoms with Crippen molar-refractivity contribution in [3.8, 4) is 0 Å². The van der Waals surface area contributed by atoms with Crippen LogP contribution in [-0.2, 0) is 0 Å². The Hall–Kier alpha value is -0.0200. The third-order valence-electron chi connectivity index (χ3n) is 2.09. The first-order valence-corrected chi connectivity index (χ1v) is 5.72. The number of allylic oxidation sites excluding steroid dienone is 1. The van der Waals surface area contributed by atoms with Crippen LogP contribution in [0.15, 0.2) is 10.2 Å². The highest BCUT2D eigenvalue weighted by molar-refractivity contribution is 9.11. The SMILES string of the molecule is CC(=N)/C(CCl)=C(/Br)NCC1CC1. The predicted octanol–water partition coefficient (Wildman–Crippen LogP) is 2.87. The fraction of sp³-hybridized carbons (Fsp3) is 0.667. The summed E-state index contributed by atoms with van der Waals surface area (Å²) in [6.07, 6.45) is 2.65. The van der Waals surface area contributed by atoms with Crippen LogP contribution < -0.4 is 5.32 Å². The number of halogens is 2. The summed E-state index contributed by atoms with van der Waals surface area (Å²) < 4.78 is 0.877. The van der Waals surface area contributed by atoms with E-state index >= 15 is 0 Å². The van der Waals surface area contributed by atoms with Gasteiger partial charge in [0.05, 0.1) is 10.5 Å². The van der Waals surface area contributed by atoms with Crippen molar-refractivity contribution in [2.24, 2.45) is 5.92 Å². The first kappa shape index (κ1) is 11.1. The van der Waals surface area contributed by atoms with Crippen molar-refractivity contribution in [2.75, 3.05) is 12.4 Å². The van der Waals surface area contributed by atoms with Crippen LogP contribution in [0.25, 0.3) is 0 Å². The Balaban J connectivity index is 2.46. The van der Waals surface area contributed by atoms with Gasteiger partial charge < -0.3 is 10.7 Å². The van der Waals surface area contributed by atoms with Crippen LogP contribution in [0, 0.1) is 11.3 Å². The van der Waals surface area contributed by atoms with E-state index in [2.05, 4.69) is 21.2 Å². The van der Waals surface area contributed by atoms with E-state index in [0.29, 0.717) is 11.6 Å². The molecular weight excluding hydrogens is 251 g/mol. The summed E-state index contributed by atoms with van der Waals surface area (Å²) in [4.78, 5) is 0. The average Bonchev–Trinajstić information content (AvgIpc) is 2.84. The number of hydrogen-bond acceptors (Lipinski definition) is 2. The molecule has 1 aliphatic rings. The Morgan fingerprint density at radius 3 is 2.62 bits per heavy atom. The highest BCUT2D eigenvalue weighted by atomic mass is 79.9. The van der Waals surface area contributed by atoms with Gasteiger partial charge in [0.2, 0.25) is 0 Å². The zero-order chi connectivity index (χ0) is 9.84. The van der Waals surface area contributed by atoms with Crippen LogP contribution >= 0.6 is 27.5 Å². The summed E-state index contributed by atoms with van der Waals surface area (Å²) in [5, 5.41) is 10.7. The second-order valence-electron chi connectivity index (χ2n) is 3.38. The van der Waals surface area contributed by atoms with Crippen molar-refractivity contribution in [2.45, 2.75) is 19.8 Å². The van der Waals surface area contributed by atoms with Gasteiger partial charge in [-0.25, -0.2) is 0 Å². The van der Waals surface area contributed by atoms with Crippen LogP contribution in [0.3, 0.4) is 0 Å². The molecule has 0 saturated heterocycles. The molecule has 13 heavy (non-hydrogen) atoms. The van der Waals surface area contributed by atoms with Crippen molar-refractivity contribution in [1.29, 1.82) is 5.41 Å². The summed E-state index contributed by atoms with van der Waals surface area (Å²) in [6.45, 7) is 2.74. The standard InChI is InChI=1S/C9H14BrClN2/c1-6(12)8(4-11)9(10)13-5-7-2-3-7/h7,12-13H,2-5H2,1H3/b9-8-,12-6?. The van der Waals surface area contributed by atoms with Gasteiger partial charge >= 0.3 is 0 Å². The minimum absolute atomic E-state index is 0.383. The van der Waals surface area contributed by atoms with Crippen LogP contribution in [0.1, 0.15) is 19.8 Å². The molecule has 0 aliphatic heterocycles. The molecule has 0 atom stereocenters. The lowest BCUT2D eigenvalue weighted by atomic mass is 10.2. The number of hydrogen-bond donors (Lipinski definition) is 2. The topological polar surface area (TPSA) is 35.9 Å². The van der Waals surface area contributed by atoms with Crippen molar-refractivity contribution in [3.05, 3.63) is 10.2 Å². The molecule has 1 aliphatic carbocycles. The molecule has 2 nitrogen and oxygen atoms in total. The molecule has 4 heteroatoms. The van der Waals surface area contributed by atoms with Crippen molar-refractivity contribution >= 4 is 33.2 Å². The predicted molar refractivity (Wildman–Crippen MR) is 60.8 cm³/mol. The molecule has 2 N–H and O–H groups in total. The first-order valence-electron chi connectivity index (χ1n) is 4.39. The lowest BCUT2D eigenvalue weighted by molar-refractivity contribution is 0.739. The molecule has 1 rings (SSSR count). The van der Waals surface area contributed by atoms with Crippen molar-refractivity contribution < 1.29 is 0 Å². The van der Waals surface area contributed by atoms with Gasteiger partial charge in [0, 0.05) is 17.8 Å². The summed E-state index contributed by atoms with van der Waals surface area (Å²) >= 11 is 9.12. The van der Waals surface area contributed by atoms with Gasteiger partial charge in [-0.2, -0.15) is 0 Å². The van der Waals surface area contributed by atoms with E-state index in [0.717, 1.165) is 22.6 Å². The molecule has 0 amide bonds. The van der Waals surface area contributed by atoms with Crippen LogP contribution in [-0.4, -0.2) is 18.1 Å². The van der Waals surface area contributed by atoms with E-state index in [-0.39, 0.29) is 0 Å². The highest BCUT2D eigenvalue weighted by Crippen LogP contribution is 2.28. The number of nitrogens with one attached hydrogen (secondary N) is 2. The lowest BCUT2D eigenvalue weighted by Gasteiger charge is -2.08. The summed E-state index contributed by atoms with van der Waals surface area (Å²) in [5.41, 5.74) is 1.37. The molecule has 0 aromatic heterocycles. The molecule has 1 saturated carbocycles. The molecule has 0 bridgehead atoms. The summed E-state index contributed by atoms with van der Waals surface area (Å²) in [7, 11) is 0. The minimum atomic E-state index is 0.383. The Labute approximate surface area is 92.4 Å². The maximum absolute atomic E-state index is 7.47. The first-order chi connectivity index (χ1) is 6.15. The van der Waals surface area contributed by atoms with Gasteiger partial charge in [-0.15, -0.1) is 11.6 Å². The van der Waals surface area contributed by atoms with E-state index in [1.54, 1.807) is 6.92 Å². The molecule has 0 heterocycles. The molecule has 1 fully saturated rings. The van der Waals surface area contributed by atoms with Crippen LogP contribution in [0.4, 0.5) is 0 Å². The largest absolute Gasteiger partial charge is 0.379 e. The summed E-state index contributed by atoms with van der Waals surface area (Å²) in [6, 6.07) is 0. The lowest BCUT2D eigenvalue weighted by Crippen LogP contribution is -2.17. The fourth-order valence-corrected chi connectivity index (χ4v) is 2.08. The van der Waals surface area contributed by atoms with Crippen molar-refractivity contribution in [3.63, 3.8) is 0 Å². The third-order valence-corrected chi connectivity index (χ3v) is 3.12. The minimum Gasteiger partial charge on any atom is -0.379 e. The second kappa shape index (κ2) is 5.01.